The van der Waals surface area contributed by atoms with Crippen LogP contribution in [0.5, 0.6) is 0 Å². The van der Waals surface area contributed by atoms with Gasteiger partial charge in [0.1, 0.15) is 6.33 Å². The Morgan fingerprint density at radius 1 is 0.765 bits per heavy atom. The van der Waals surface area contributed by atoms with E-state index in [9.17, 15) is 4.79 Å². The summed E-state index contributed by atoms with van der Waals surface area (Å²) >= 11 is 0. The molecule has 172 valence electrons. The maximum atomic E-state index is 12.6. The standard InChI is InChI=1S/C26H27N7O/c34-26(23-8-12-25(13-9-23)33-20-27-29-30-33)28-24-10-6-22(7-11-24)19-32-16-14-31(15-17-32)18-21-4-2-1-3-5-21/h1-13,20H,14-19H2,(H,28,34). The van der Waals surface area contributed by atoms with Gasteiger partial charge in [0.25, 0.3) is 5.91 Å². The molecule has 0 radical (unpaired) electrons. The van der Waals surface area contributed by atoms with Crippen LogP contribution in [0.1, 0.15) is 21.5 Å². The largest absolute Gasteiger partial charge is 0.322 e. The topological polar surface area (TPSA) is 79.2 Å². The predicted octanol–water partition coefficient (Wildman–Crippen LogP) is 3.23. The van der Waals surface area contributed by atoms with Gasteiger partial charge in [-0.2, -0.15) is 0 Å². The molecule has 4 aromatic rings. The lowest BCUT2D eigenvalue weighted by Gasteiger charge is -2.34. The summed E-state index contributed by atoms with van der Waals surface area (Å²) in [5.74, 6) is -0.148. The van der Waals surface area contributed by atoms with Crippen LogP contribution < -0.4 is 5.32 Å². The molecule has 0 aliphatic carbocycles. The summed E-state index contributed by atoms with van der Waals surface area (Å²) in [6, 6.07) is 25.9. The predicted molar refractivity (Wildman–Crippen MR) is 131 cm³/mol. The second kappa shape index (κ2) is 10.4. The van der Waals surface area contributed by atoms with Crippen molar-refractivity contribution >= 4 is 11.6 Å². The van der Waals surface area contributed by atoms with Crippen LogP contribution in [0.3, 0.4) is 0 Å². The fraction of sp³-hybridized carbons (Fsp3) is 0.231. The molecule has 0 bridgehead atoms. The maximum Gasteiger partial charge on any atom is 0.255 e. The van der Waals surface area contributed by atoms with E-state index in [0.717, 1.165) is 50.6 Å². The molecule has 34 heavy (non-hydrogen) atoms. The van der Waals surface area contributed by atoms with Crippen molar-refractivity contribution in [1.29, 1.82) is 0 Å². The zero-order valence-corrected chi connectivity index (χ0v) is 18.9. The van der Waals surface area contributed by atoms with Crippen molar-refractivity contribution in [3.05, 3.63) is 102 Å². The molecule has 1 aliphatic heterocycles. The number of piperazine rings is 1. The summed E-state index contributed by atoms with van der Waals surface area (Å²) in [4.78, 5) is 17.6. The maximum absolute atomic E-state index is 12.6. The van der Waals surface area contributed by atoms with Gasteiger partial charge in [0.15, 0.2) is 0 Å². The van der Waals surface area contributed by atoms with Crippen LogP contribution in [-0.2, 0) is 13.1 Å². The van der Waals surface area contributed by atoms with E-state index in [-0.39, 0.29) is 5.91 Å². The number of carbonyl (C=O) groups excluding carboxylic acids is 1. The van der Waals surface area contributed by atoms with Gasteiger partial charge in [0.05, 0.1) is 5.69 Å². The lowest BCUT2D eigenvalue weighted by atomic mass is 10.1. The first-order valence-corrected chi connectivity index (χ1v) is 11.5. The average Bonchev–Trinajstić information content (AvgIpc) is 3.42. The number of rotatable bonds is 7. The highest BCUT2D eigenvalue weighted by Gasteiger charge is 2.17. The zero-order valence-electron chi connectivity index (χ0n) is 18.9. The summed E-state index contributed by atoms with van der Waals surface area (Å²) in [5.41, 5.74) is 4.78. The highest BCUT2D eigenvalue weighted by molar-refractivity contribution is 6.04. The molecule has 0 saturated carbocycles. The average molecular weight is 454 g/mol. The summed E-state index contributed by atoms with van der Waals surface area (Å²) in [5, 5.41) is 14.1. The van der Waals surface area contributed by atoms with Gasteiger partial charge >= 0.3 is 0 Å². The van der Waals surface area contributed by atoms with E-state index in [1.807, 2.05) is 24.3 Å². The van der Waals surface area contributed by atoms with Gasteiger partial charge in [-0.05, 0) is 58.0 Å². The number of tetrazole rings is 1. The van der Waals surface area contributed by atoms with E-state index in [1.54, 1.807) is 16.8 Å². The molecule has 1 aliphatic rings. The number of nitrogens with one attached hydrogen (secondary N) is 1. The fourth-order valence-corrected chi connectivity index (χ4v) is 4.15. The van der Waals surface area contributed by atoms with Crippen molar-refractivity contribution in [2.45, 2.75) is 13.1 Å². The molecule has 1 amide bonds. The molecule has 0 unspecified atom stereocenters. The van der Waals surface area contributed by atoms with Crippen LogP contribution in [0.15, 0.2) is 85.2 Å². The van der Waals surface area contributed by atoms with Crippen LogP contribution >= 0.6 is 0 Å². The van der Waals surface area contributed by atoms with Crippen LogP contribution in [0.25, 0.3) is 5.69 Å². The van der Waals surface area contributed by atoms with E-state index in [0.29, 0.717) is 5.56 Å². The van der Waals surface area contributed by atoms with Crippen molar-refractivity contribution < 1.29 is 4.79 Å². The third-order valence-corrected chi connectivity index (χ3v) is 6.07. The first kappa shape index (κ1) is 21.9. The summed E-state index contributed by atoms with van der Waals surface area (Å²) in [6.07, 6.45) is 1.52. The van der Waals surface area contributed by atoms with Gasteiger partial charge in [-0.25, -0.2) is 4.68 Å². The van der Waals surface area contributed by atoms with Gasteiger partial charge < -0.3 is 5.32 Å². The number of amides is 1. The Balaban J connectivity index is 1.10. The Bertz CT molecular complexity index is 1180. The molecule has 8 heteroatoms. The van der Waals surface area contributed by atoms with Gasteiger partial charge in [0.2, 0.25) is 0 Å². The minimum atomic E-state index is -0.148. The molecule has 0 atom stereocenters. The second-order valence-corrected chi connectivity index (χ2v) is 8.49. The molecule has 1 N–H and O–H groups in total. The fourth-order valence-electron chi connectivity index (χ4n) is 4.15. The zero-order chi connectivity index (χ0) is 23.2. The van der Waals surface area contributed by atoms with Gasteiger partial charge in [-0.15, -0.1) is 5.10 Å². The lowest BCUT2D eigenvalue weighted by Crippen LogP contribution is -2.45. The van der Waals surface area contributed by atoms with Crippen molar-refractivity contribution in [3.8, 4) is 5.69 Å². The third-order valence-electron chi connectivity index (χ3n) is 6.07. The molecule has 1 aromatic heterocycles. The SMILES string of the molecule is O=C(Nc1ccc(CN2CCN(Cc3ccccc3)CC2)cc1)c1ccc(-n2cnnn2)cc1. The first-order chi connectivity index (χ1) is 16.7. The van der Waals surface area contributed by atoms with E-state index in [1.165, 1.54) is 17.5 Å². The van der Waals surface area contributed by atoms with E-state index in [4.69, 9.17) is 0 Å². The Labute approximate surface area is 198 Å². The lowest BCUT2D eigenvalue weighted by molar-refractivity contribution is 0.102. The van der Waals surface area contributed by atoms with E-state index in [2.05, 4.69) is 73.1 Å². The number of hydrogen-bond acceptors (Lipinski definition) is 6. The van der Waals surface area contributed by atoms with Gasteiger partial charge in [-0.1, -0.05) is 42.5 Å². The van der Waals surface area contributed by atoms with Gasteiger partial charge in [-0.3, -0.25) is 14.6 Å². The molecular weight excluding hydrogens is 426 g/mol. The Morgan fingerprint density at radius 3 is 1.97 bits per heavy atom. The first-order valence-electron chi connectivity index (χ1n) is 11.5. The summed E-state index contributed by atoms with van der Waals surface area (Å²) < 4.78 is 1.55. The number of carbonyl (C=O) groups is 1. The molecule has 0 spiro atoms. The Hall–Kier alpha value is -3.88. The van der Waals surface area contributed by atoms with E-state index < -0.39 is 0 Å². The molecule has 8 nitrogen and oxygen atoms in total. The molecule has 5 rings (SSSR count). The number of anilines is 1. The normalized spacial score (nSPS) is 14.7. The van der Waals surface area contributed by atoms with Crippen molar-refractivity contribution in [2.24, 2.45) is 0 Å². The monoisotopic (exact) mass is 453 g/mol. The van der Waals surface area contributed by atoms with Crippen LogP contribution in [0.4, 0.5) is 5.69 Å². The number of benzene rings is 3. The van der Waals surface area contributed by atoms with Crippen LogP contribution in [0.2, 0.25) is 0 Å². The minimum absolute atomic E-state index is 0.148. The quantitative estimate of drug-likeness (QED) is 0.463. The second-order valence-electron chi connectivity index (χ2n) is 8.49. The van der Waals surface area contributed by atoms with Gasteiger partial charge in [0, 0.05) is 50.5 Å². The molecular formula is C26H27N7O. The highest BCUT2D eigenvalue weighted by Crippen LogP contribution is 2.16. The molecule has 1 fully saturated rings. The Morgan fingerprint density at radius 2 is 1.38 bits per heavy atom. The van der Waals surface area contributed by atoms with E-state index >= 15 is 0 Å². The molecule has 2 heterocycles. The molecule has 1 saturated heterocycles. The van der Waals surface area contributed by atoms with Crippen molar-refractivity contribution in [3.63, 3.8) is 0 Å². The minimum Gasteiger partial charge on any atom is -0.322 e. The van der Waals surface area contributed by atoms with Crippen molar-refractivity contribution in [1.82, 2.24) is 30.0 Å². The summed E-state index contributed by atoms with van der Waals surface area (Å²) in [6.45, 7) is 6.22. The highest BCUT2D eigenvalue weighted by atomic mass is 16.1. The van der Waals surface area contributed by atoms with Crippen molar-refractivity contribution in [2.75, 3.05) is 31.5 Å². The number of nitrogens with zero attached hydrogens (tertiary/aromatic N) is 6. The van der Waals surface area contributed by atoms with Crippen LogP contribution in [-0.4, -0.2) is 62.1 Å². The third kappa shape index (κ3) is 5.54. The number of hydrogen-bond donors (Lipinski definition) is 1. The van der Waals surface area contributed by atoms with Crippen LogP contribution in [0, 0.1) is 0 Å². The smallest absolute Gasteiger partial charge is 0.255 e. The Kier molecular flexibility index (Phi) is 6.69. The summed E-state index contributed by atoms with van der Waals surface area (Å²) in [7, 11) is 0. The molecule has 3 aromatic carbocycles. The number of aromatic nitrogens is 4.